The number of aromatic nitrogens is 1. The molecule has 0 aliphatic carbocycles. The van der Waals surface area contributed by atoms with Crippen LogP contribution in [0, 0.1) is 11.3 Å². The fourth-order valence-corrected chi connectivity index (χ4v) is 5.91. The van der Waals surface area contributed by atoms with E-state index in [2.05, 4.69) is 33.9 Å². The molecule has 1 aromatic heterocycles. The second kappa shape index (κ2) is 13.3. The highest BCUT2D eigenvalue weighted by Crippen LogP contribution is 2.40. The van der Waals surface area contributed by atoms with Crippen LogP contribution in [0.25, 0.3) is 0 Å². The summed E-state index contributed by atoms with van der Waals surface area (Å²) in [5, 5.41) is 32.2. The van der Waals surface area contributed by atoms with Crippen molar-refractivity contribution in [3.8, 4) is 0 Å². The summed E-state index contributed by atoms with van der Waals surface area (Å²) >= 11 is 0. The lowest BCUT2D eigenvalue weighted by atomic mass is 9.78. The van der Waals surface area contributed by atoms with E-state index in [0.29, 0.717) is 12.3 Å². The van der Waals surface area contributed by atoms with Crippen molar-refractivity contribution in [2.45, 2.75) is 123 Å². The summed E-state index contributed by atoms with van der Waals surface area (Å²) in [6.07, 6.45) is 1.70. The van der Waals surface area contributed by atoms with Gasteiger partial charge in [0.1, 0.15) is 0 Å². The number of hydrogen-bond donors (Lipinski definition) is 3. The van der Waals surface area contributed by atoms with E-state index in [4.69, 9.17) is 13.9 Å². The van der Waals surface area contributed by atoms with E-state index in [9.17, 15) is 20.1 Å². The van der Waals surface area contributed by atoms with Crippen molar-refractivity contribution in [1.29, 1.82) is 0 Å². The summed E-state index contributed by atoms with van der Waals surface area (Å²) in [4.78, 5) is 11.7. The molecule has 3 unspecified atom stereocenters. The topological polar surface area (TPSA) is 110 Å². The Kier molecular flexibility index (Phi) is 11.6. The molecular formula is C28H51NO7Si. The number of hydrogen-bond acceptors (Lipinski definition) is 7. The van der Waals surface area contributed by atoms with Crippen molar-refractivity contribution >= 4 is 14.6 Å². The van der Waals surface area contributed by atoms with Crippen molar-refractivity contribution in [1.82, 2.24) is 4.57 Å². The van der Waals surface area contributed by atoms with Gasteiger partial charge in [-0.05, 0) is 49.5 Å². The monoisotopic (exact) mass is 541 g/mol. The molecule has 0 amide bonds. The number of aliphatic hydroxyl groups excluding tert-OH is 3. The van der Waals surface area contributed by atoms with E-state index in [1.807, 2.05) is 26.8 Å². The molecule has 0 spiro atoms. The van der Waals surface area contributed by atoms with Crippen LogP contribution in [0.2, 0.25) is 18.1 Å². The number of carbonyl (C=O) groups is 1. The van der Waals surface area contributed by atoms with Gasteiger partial charge in [0.15, 0.2) is 20.9 Å². The minimum atomic E-state index is -2.23. The smallest absolute Gasteiger partial charge is 0.192 e. The van der Waals surface area contributed by atoms with Crippen molar-refractivity contribution in [2.24, 2.45) is 11.3 Å². The number of carbonyl (C=O) groups excluding carboxylic acids is 1. The zero-order chi connectivity index (χ0) is 28.0. The molecule has 1 saturated heterocycles. The molecule has 0 bridgehead atoms. The Morgan fingerprint density at radius 3 is 2.41 bits per heavy atom. The SMILES string of the molecule is C[C@@H](C(CC(O)Cn1c(C=O)ccc1COC1CCCCO1)O[Si](C)(C)C(C)(C)C)[C@@H](O)C(C)(C)CO. The van der Waals surface area contributed by atoms with Crippen LogP contribution in [0.15, 0.2) is 12.1 Å². The first-order chi connectivity index (χ1) is 17.1. The highest BCUT2D eigenvalue weighted by molar-refractivity contribution is 6.74. The lowest BCUT2D eigenvalue weighted by Crippen LogP contribution is -2.50. The first-order valence-corrected chi connectivity index (χ1v) is 16.6. The predicted octanol–water partition coefficient (Wildman–Crippen LogP) is 4.50. The van der Waals surface area contributed by atoms with Gasteiger partial charge in [-0.1, -0.05) is 41.5 Å². The Balaban J connectivity index is 2.21. The minimum absolute atomic E-state index is 0.0514. The third-order valence-corrected chi connectivity index (χ3v) is 12.7. The van der Waals surface area contributed by atoms with Crippen LogP contribution in [0.5, 0.6) is 0 Å². The Hall–Kier alpha value is -1.07. The molecule has 8 nitrogen and oxygen atoms in total. The molecule has 5 atom stereocenters. The highest BCUT2D eigenvalue weighted by atomic mass is 28.4. The summed E-state index contributed by atoms with van der Waals surface area (Å²) in [5.74, 6) is -0.326. The minimum Gasteiger partial charge on any atom is -0.413 e. The van der Waals surface area contributed by atoms with Gasteiger partial charge in [0.25, 0.3) is 0 Å². The second-order valence-corrected chi connectivity index (χ2v) is 17.6. The maximum atomic E-state index is 11.7. The van der Waals surface area contributed by atoms with Gasteiger partial charge in [-0.25, -0.2) is 0 Å². The first-order valence-electron chi connectivity index (χ1n) is 13.6. The lowest BCUT2D eigenvalue weighted by molar-refractivity contribution is -0.169. The summed E-state index contributed by atoms with van der Waals surface area (Å²) < 4.78 is 20.1. The van der Waals surface area contributed by atoms with Crippen LogP contribution in [0.4, 0.5) is 0 Å². The Labute approximate surface area is 224 Å². The molecule has 1 aliphatic heterocycles. The standard InChI is InChI=1S/C28H51NO7Si/c1-20(26(33)28(5,6)19-31)24(36-37(7,8)27(2,3)4)15-23(32)16-29-21(17-30)12-13-22(29)18-35-25-11-9-10-14-34-25/h12-13,17,20,23-26,31-33H,9-11,14-16,18-19H2,1-8H3/t20-,23?,24?,25?,26+/m0/s1. The lowest BCUT2D eigenvalue weighted by Gasteiger charge is -2.44. The number of aldehydes is 1. The van der Waals surface area contributed by atoms with E-state index in [-0.39, 0.29) is 43.4 Å². The molecule has 214 valence electrons. The van der Waals surface area contributed by atoms with Gasteiger partial charge in [0.2, 0.25) is 0 Å². The third kappa shape index (κ3) is 8.71. The Morgan fingerprint density at radius 2 is 1.86 bits per heavy atom. The number of aliphatic hydroxyl groups is 3. The molecule has 37 heavy (non-hydrogen) atoms. The quantitative estimate of drug-likeness (QED) is 0.235. The van der Waals surface area contributed by atoms with Crippen LogP contribution < -0.4 is 0 Å². The molecule has 1 aromatic rings. The average Bonchev–Trinajstić information content (AvgIpc) is 3.22. The fraction of sp³-hybridized carbons (Fsp3) is 0.821. The largest absolute Gasteiger partial charge is 0.413 e. The van der Waals surface area contributed by atoms with Gasteiger partial charge in [0, 0.05) is 36.6 Å². The van der Waals surface area contributed by atoms with E-state index in [1.165, 1.54) is 0 Å². The van der Waals surface area contributed by atoms with E-state index in [1.54, 1.807) is 10.6 Å². The van der Waals surface area contributed by atoms with Crippen molar-refractivity contribution in [3.05, 3.63) is 23.5 Å². The van der Waals surface area contributed by atoms with Gasteiger partial charge in [0.05, 0.1) is 37.2 Å². The van der Waals surface area contributed by atoms with Crippen LogP contribution >= 0.6 is 0 Å². The number of nitrogens with zero attached hydrogens (tertiary/aromatic N) is 1. The summed E-state index contributed by atoms with van der Waals surface area (Å²) in [7, 11) is -2.23. The van der Waals surface area contributed by atoms with Crippen LogP contribution in [-0.2, 0) is 27.1 Å². The van der Waals surface area contributed by atoms with Gasteiger partial charge in [-0.2, -0.15) is 0 Å². The molecule has 9 heteroatoms. The molecule has 0 aromatic carbocycles. The molecule has 2 rings (SSSR count). The van der Waals surface area contributed by atoms with Crippen molar-refractivity contribution in [2.75, 3.05) is 13.2 Å². The summed E-state index contributed by atoms with van der Waals surface area (Å²) in [6, 6.07) is 3.58. The third-order valence-electron chi connectivity index (χ3n) is 8.22. The van der Waals surface area contributed by atoms with Crippen LogP contribution in [0.1, 0.15) is 83.4 Å². The molecule has 3 N–H and O–H groups in total. The molecule has 0 saturated carbocycles. The maximum Gasteiger partial charge on any atom is 0.192 e. The molecule has 2 heterocycles. The number of ether oxygens (including phenoxy) is 2. The summed E-state index contributed by atoms with van der Waals surface area (Å²) in [6.45, 7) is 17.4. The second-order valence-electron chi connectivity index (χ2n) is 12.8. The molecule has 1 fully saturated rings. The summed E-state index contributed by atoms with van der Waals surface area (Å²) in [5.41, 5.74) is 0.557. The first kappa shape index (κ1) is 32.1. The zero-order valence-electron chi connectivity index (χ0n) is 24.2. The fourth-order valence-electron chi connectivity index (χ4n) is 4.49. The average molecular weight is 542 g/mol. The normalized spacial score (nSPS) is 20.9. The maximum absolute atomic E-state index is 11.7. The highest BCUT2D eigenvalue weighted by Gasteiger charge is 2.43. The Morgan fingerprint density at radius 1 is 1.19 bits per heavy atom. The number of rotatable bonds is 14. The van der Waals surface area contributed by atoms with E-state index in [0.717, 1.165) is 31.2 Å². The zero-order valence-corrected chi connectivity index (χ0v) is 25.2. The van der Waals surface area contributed by atoms with Gasteiger partial charge >= 0.3 is 0 Å². The van der Waals surface area contributed by atoms with Crippen LogP contribution in [-0.4, -0.2) is 72.3 Å². The van der Waals surface area contributed by atoms with Crippen molar-refractivity contribution < 1.29 is 34.0 Å². The van der Waals surface area contributed by atoms with Gasteiger partial charge < -0.3 is 33.8 Å². The molecule has 1 aliphatic rings. The van der Waals surface area contributed by atoms with Crippen molar-refractivity contribution in [3.63, 3.8) is 0 Å². The molecule has 0 radical (unpaired) electrons. The van der Waals surface area contributed by atoms with Gasteiger partial charge in [-0.15, -0.1) is 0 Å². The molecular weight excluding hydrogens is 490 g/mol. The Bertz CT molecular complexity index is 842. The van der Waals surface area contributed by atoms with E-state index < -0.39 is 32.0 Å². The predicted molar refractivity (Wildman–Crippen MR) is 147 cm³/mol. The van der Waals surface area contributed by atoms with Crippen LogP contribution in [0.3, 0.4) is 0 Å². The van der Waals surface area contributed by atoms with E-state index >= 15 is 0 Å². The van der Waals surface area contributed by atoms with Gasteiger partial charge in [-0.3, -0.25) is 4.79 Å².